The maximum atomic E-state index is 15.4. The quantitative estimate of drug-likeness (QED) is 0.353. The van der Waals surface area contributed by atoms with Crippen LogP contribution < -0.4 is 4.72 Å². The first-order valence-corrected chi connectivity index (χ1v) is 15.1. The molecule has 0 spiro atoms. The van der Waals surface area contributed by atoms with Crippen LogP contribution in [0, 0.1) is 5.82 Å². The van der Waals surface area contributed by atoms with E-state index in [0.29, 0.717) is 28.5 Å². The first-order valence-electron chi connectivity index (χ1n) is 12.8. The highest BCUT2D eigenvalue weighted by atomic mass is 35.5. The van der Waals surface area contributed by atoms with Crippen LogP contribution in [0.3, 0.4) is 0 Å². The van der Waals surface area contributed by atoms with E-state index in [4.69, 9.17) is 27.9 Å². The van der Waals surface area contributed by atoms with Crippen LogP contribution >= 0.6 is 23.2 Å². The second kappa shape index (κ2) is 10.7. The van der Waals surface area contributed by atoms with E-state index >= 15 is 4.39 Å². The van der Waals surface area contributed by atoms with E-state index in [9.17, 15) is 17.6 Å². The Hall–Kier alpha value is -1.78. The summed E-state index contributed by atoms with van der Waals surface area (Å²) in [6, 6.07) is 7.96. The average Bonchev–Trinajstić information content (AvgIpc) is 3.70. The minimum atomic E-state index is -3.79. The fourth-order valence-electron chi connectivity index (χ4n) is 5.16. The Morgan fingerprint density at radius 1 is 1.13 bits per heavy atom. The van der Waals surface area contributed by atoms with Gasteiger partial charge in [0, 0.05) is 29.2 Å². The average molecular weight is 588 g/mol. The number of ether oxygens (including phenoxy) is 1. The minimum absolute atomic E-state index is 0.00218. The van der Waals surface area contributed by atoms with Crippen molar-refractivity contribution in [1.29, 1.82) is 0 Å². The Morgan fingerprint density at radius 3 is 2.37 bits per heavy atom. The lowest BCUT2D eigenvalue weighted by Gasteiger charge is -2.48. The molecule has 206 valence electrons. The van der Waals surface area contributed by atoms with Crippen molar-refractivity contribution in [2.45, 2.75) is 68.5 Å². The lowest BCUT2D eigenvalue weighted by atomic mass is 9.91. The largest absolute Gasteiger partial charge is 0.373 e. The number of hydrogen-bond donors (Lipinski definition) is 1. The molecular weight excluding hydrogens is 557 g/mol. The van der Waals surface area contributed by atoms with Crippen LogP contribution in [-0.4, -0.2) is 49.8 Å². The van der Waals surface area contributed by atoms with Crippen LogP contribution in [-0.2, 0) is 21.4 Å². The Kier molecular flexibility index (Phi) is 7.79. The highest BCUT2D eigenvalue weighted by Crippen LogP contribution is 2.43. The van der Waals surface area contributed by atoms with E-state index in [0.717, 1.165) is 30.4 Å². The summed E-state index contributed by atoms with van der Waals surface area (Å²) < 4.78 is 62.2. The van der Waals surface area contributed by atoms with Gasteiger partial charge in [-0.2, -0.15) is 0 Å². The monoisotopic (exact) mass is 586 g/mol. The first kappa shape index (κ1) is 27.8. The SMILES string of the molecule is CCC(c1cc(Cl)cc(Cl)c1)N1CC(F)(COCc2cc(F)c(C(=O)NS(=O)(=O)C3CC3)cc2C2CC2)C1. The van der Waals surface area contributed by atoms with Gasteiger partial charge in [-0.3, -0.25) is 9.69 Å². The van der Waals surface area contributed by atoms with Gasteiger partial charge < -0.3 is 4.74 Å². The molecule has 11 heteroatoms. The number of halogens is 4. The van der Waals surface area contributed by atoms with Crippen LogP contribution in [0.5, 0.6) is 0 Å². The fourth-order valence-corrected chi connectivity index (χ4v) is 6.99. The molecule has 1 unspecified atom stereocenters. The van der Waals surface area contributed by atoms with Gasteiger partial charge in [0.15, 0.2) is 5.67 Å². The van der Waals surface area contributed by atoms with E-state index in [2.05, 4.69) is 0 Å². The topological polar surface area (TPSA) is 75.7 Å². The number of carbonyl (C=O) groups excluding carboxylic acids is 1. The predicted molar refractivity (Wildman–Crippen MR) is 142 cm³/mol. The normalized spacial score (nSPS) is 20.1. The summed E-state index contributed by atoms with van der Waals surface area (Å²) in [4.78, 5) is 14.5. The van der Waals surface area contributed by atoms with Crippen molar-refractivity contribution in [2.75, 3.05) is 19.7 Å². The molecule has 0 radical (unpaired) electrons. The zero-order valence-electron chi connectivity index (χ0n) is 21.0. The molecule has 2 aromatic rings. The van der Waals surface area contributed by atoms with Gasteiger partial charge in [0.2, 0.25) is 10.0 Å². The number of sulfonamides is 1. The zero-order chi connectivity index (χ0) is 27.2. The molecule has 0 bridgehead atoms. The van der Waals surface area contributed by atoms with Gasteiger partial charge in [-0.15, -0.1) is 0 Å². The number of likely N-dealkylation sites (tertiary alicyclic amines) is 1. The zero-order valence-corrected chi connectivity index (χ0v) is 23.3. The van der Waals surface area contributed by atoms with Crippen LogP contribution in [0.15, 0.2) is 30.3 Å². The molecule has 38 heavy (non-hydrogen) atoms. The van der Waals surface area contributed by atoms with Crippen molar-refractivity contribution in [3.8, 4) is 0 Å². The van der Waals surface area contributed by atoms with Crippen molar-refractivity contribution in [1.82, 2.24) is 9.62 Å². The first-order chi connectivity index (χ1) is 18.0. The summed E-state index contributed by atoms with van der Waals surface area (Å²) in [6.45, 7) is 2.25. The van der Waals surface area contributed by atoms with Crippen LogP contribution in [0.25, 0.3) is 0 Å². The molecule has 6 nitrogen and oxygen atoms in total. The molecule has 3 aliphatic rings. The van der Waals surface area contributed by atoms with Gasteiger partial charge in [-0.25, -0.2) is 21.9 Å². The third-order valence-corrected chi connectivity index (χ3v) is 9.63. The maximum Gasteiger partial charge on any atom is 0.267 e. The van der Waals surface area contributed by atoms with Crippen molar-refractivity contribution < 1.29 is 26.7 Å². The number of benzene rings is 2. The van der Waals surface area contributed by atoms with Gasteiger partial charge in [0.05, 0.1) is 24.0 Å². The highest BCUT2D eigenvalue weighted by Gasteiger charge is 2.46. The molecule has 1 N–H and O–H groups in total. The third-order valence-electron chi connectivity index (χ3n) is 7.38. The summed E-state index contributed by atoms with van der Waals surface area (Å²) in [5.41, 5.74) is 0.388. The molecule has 3 fully saturated rings. The van der Waals surface area contributed by atoms with E-state index in [1.54, 1.807) is 6.07 Å². The molecule has 2 aliphatic carbocycles. The van der Waals surface area contributed by atoms with Gasteiger partial charge in [0.25, 0.3) is 5.91 Å². The summed E-state index contributed by atoms with van der Waals surface area (Å²) >= 11 is 12.3. The van der Waals surface area contributed by atoms with Crippen molar-refractivity contribution in [3.05, 3.63) is 68.4 Å². The molecular formula is C27H30Cl2F2N2O4S. The van der Waals surface area contributed by atoms with E-state index < -0.39 is 32.7 Å². The molecule has 2 saturated carbocycles. The van der Waals surface area contributed by atoms with E-state index in [1.165, 1.54) is 12.1 Å². The number of nitrogens with one attached hydrogen (secondary N) is 1. The molecule has 1 aliphatic heterocycles. The lowest BCUT2D eigenvalue weighted by molar-refractivity contribution is -0.107. The van der Waals surface area contributed by atoms with Crippen LogP contribution in [0.2, 0.25) is 10.0 Å². The highest BCUT2D eigenvalue weighted by molar-refractivity contribution is 7.91. The van der Waals surface area contributed by atoms with Crippen molar-refractivity contribution >= 4 is 39.1 Å². The second-order valence-electron chi connectivity index (χ2n) is 10.7. The van der Waals surface area contributed by atoms with Crippen molar-refractivity contribution in [3.63, 3.8) is 0 Å². The standard InChI is InChI=1S/C27H30Cl2F2N2O4S/c1-2-25(17-7-19(28)10-20(29)8-17)33-13-27(31,14-33)15-37-12-18-9-24(30)23(11-22(18)16-3-4-16)26(34)32-38(35,36)21-5-6-21/h7-11,16,21,25H,2-6,12-15H2,1H3,(H,32,34). The Morgan fingerprint density at radius 2 is 1.79 bits per heavy atom. The van der Waals surface area contributed by atoms with E-state index in [1.807, 2.05) is 28.7 Å². The second-order valence-corrected chi connectivity index (χ2v) is 13.5. The van der Waals surface area contributed by atoms with Crippen molar-refractivity contribution in [2.24, 2.45) is 0 Å². The fraction of sp³-hybridized carbons (Fsp3) is 0.519. The molecule has 1 amide bonds. The summed E-state index contributed by atoms with van der Waals surface area (Å²) in [6.07, 6.45) is 3.52. The molecule has 1 atom stereocenters. The van der Waals surface area contributed by atoms with Gasteiger partial charge in [-0.05, 0) is 85.0 Å². The number of amides is 1. The number of rotatable bonds is 11. The minimum Gasteiger partial charge on any atom is -0.373 e. The Bertz CT molecular complexity index is 1320. The molecule has 1 saturated heterocycles. The molecule has 2 aromatic carbocycles. The number of hydrogen-bond acceptors (Lipinski definition) is 5. The summed E-state index contributed by atoms with van der Waals surface area (Å²) in [7, 11) is -3.79. The molecule has 0 aromatic heterocycles. The predicted octanol–water partition coefficient (Wildman–Crippen LogP) is 5.92. The summed E-state index contributed by atoms with van der Waals surface area (Å²) in [5.74, 6) is -1.64. The maximum absolute atomic E-state index is 15.4. The van der Waals surface area contributed by atoms with Gasteiger partial charge in [-0.1, -0.05) is 30.1 Å². The van der Waals surface area contributed by atoms with Crippen LogP contribution in [0.1, 0.15) is 78.0 Å². The Balaban J connectivity index is 1.20. The third kappa shape index (κ3) is 6.17. The van der Waals surface area contributed by atoms with Gasteiger partial charge >= 0.3 is 0 Å². The van der Waals surface area contributed by atoms with Gasteiger partial charge in [0.1, 0.15) is 5.82 Å². The number of nitrogens with zero attached hydrogens (tertiary/aromatic N) is 1. The number of carbonyl (C=O) groups is 1. The Labute approximate surface area is 231 Å². The van der Waals surface area contributed by atoms with E-state index in [-0.39, 0.29) is 43.8 Å². The molecule has 5 rings (SSSR count). The lowest BCUT2D eigenvalue weighted by Crippen LogP contribution is -2.62. The molecule has 1 heterocycles. The smallest absolute Gasteiger partial charge is 0.267 e. The summed E-state index contributed by atoms with van der Waals surface area (Å²) in [5, 5.41) is 0.484. The van der Waals surface area contributed by atoms with Crippen LogP contribution in [0.4, 0.5) is 8.78 Å². The number of alkyl halides is 1.